The van der Waals surface area contributed by atoms with E-state index in [-0.39, 0.29) is 0 Å². The summed E-state index contributed by atoms with van der Waals surface area (Å²) in [6.45, 7) is 3.92. The number of thiocarbonyl (C=S) groups is 1. The maximum Gasteiger partial charge on any atom is 0.131 e. The molecule has 104 valence electrons. The maximum atomic E-state index is 5.67. The van der Waals surface area contributed by atoms with Crippen LogP contribution in [0.3, 0.4) is 0 Å². The average molecular weight is 287 g/mol. The molecule has 3 N–H and O–H groups in total. The van der Waals surface area contributed by atoms with E-state index in [2.05, 4.69) is 10.3 Å². The second kappa shape index (κ2) is 5.88. The molecule has 0 aliphatic rings. The Kier molecular flexibility index (Phi) is 4.20. The van der Waals surface area contributed by atoms with E-state index in [4.69, 9.17) is 22.7 Å². The van der Waals surface area contributed by atoms with Crippen molar-refractivity contribution in [3.63, 3.8) is 0 Å². The molecule has 0 spiro atoms. The highest BCUT2D eigenvalue weighted by Gasteiger charge is 2.05. The topological polar surface area (TPSA) is 60.2 Å². The number of aryl methyl sites for hydroxylation is 2. The number of benzene rings is 1. The molecule has 0 aliphatic heterocycles. The number of nitrogens with zero attached hydrogens (tertiary/aromatic N) is 1. The minimum atomic E-state index is 0.366. The zero-order valence-electron chi connectivity index (χ0n) is 11.7. The van der Waals surface area contributed by atoms with E-state index in [1.807, 2.05) is 44.2 Å². The van der Waals surface area contributed by atoms with Crippen molar-refractivity contribution in [2.24, 2.45) is 5.73 Å². The number of hydrogen-bond donors (Lipinski definition) is 2. The third-order valence-electron chi connectivity index (χ3n) is 2.93. The Morgan fingerprint density at radius 1 is 1.25 bits per heavy atom. The highest BCUT2D eigenvalue weighted by Crippen LogP contribution is 2.24. The molecule has 0 saturated heterocycles. The van der Waals surface area contributed by atoms with Gasteiger partial charge in [-0.05, 0) is 49.7 Å². The predicted molar refractivity (Wildman–Crippen MR) is 85.9 cm³/mol. The Labute approximate surface area is 124 Å². The first-order valence-corrected chi connectivity index (χ1v) is 6.60. The van der Waals surface area contributed by atoms with E-state index in [1.54, 1.807) is 7.11 Å². The van der Waals surface area contributed by atoms with E-state index in [1.165, 1.54) is 0 Å². The summed E-state index contributed by atoms with van der Waals surface area (Å²) in [6.07, 6.45) is 0. The van der Waals surface area contributed by atoms with Gasteiger partial charge in [-0.15, -0.1) is 0 Å². The Balaban J connectivity index is 2.32. The predicted octanol–water partition coefficient (Wildman–Crippen LogP) is 3.08. The van der Waals surface area contributed by atoms with Crippen LogP contribution in [0.15, 0.2) is 30.3 Å². The van der Waals surface area contributed by atoms with Gasteiger partial charge in [0.2, 0.25) is 0 Å². The van der Waals surface area contributed by atoms with Crippen molar-refractivity contribution < 1.29 is 4.74 Å². The summed E-state index contributed by atoms with van der Waals surface area (Å²) in [7, 11) is 1.65. The van der Waals surface area contributed by atoms with Crippen LogP contribution in [-0.2, 0) is 0 Å². The number of rotatable bonds is 4. The van der Waals surface area contributed by atoms with Crippen LogP contribution in [-0.4, -0.2) is 17.1 Å². The molecule has 1 aromatic heterocycles. The van der Waals surface area contributed by atoms with E-state index in [0.717, 1.165) is 34.1 Å². The molecule has 1 aromatic carbocycles. The van der Waals surface area contributed by atoms with Gasteiger partial charge in [0.1, 0.15) is 16.6 Å². The molecule has 0 fully saturated rings. The van der Waals surface area contributed by atoms with Gasteiger partial charge in [0.05, 0.1) is 7.11 Å². The highest BCUT2D eigenvalue weighted by atomic mass is 32.1. The van der Waals surface area contributed by atoms with Gasteiger partial charge >= 0.3 is 0 Å². The lowest BCUT2D eigenvalue weighted by Gasteiger charge is -2.12. The van der Waals surface area contributed by atoms with Crippen molar-refractivity contribution in [3.05, 3.63) is 47.2 Å². The quantitative estimate of drug-likeness (QED) is 0.846. The molecule has 1 heterocycles. The van der Waals surface area contributed by atoms with Crippen molar-refractivity contribution in [1.29, 1.82) is 0 Å². The van der Waals surface area contributed by atoms with Crippen LogP contribution in [0.5, 0.6) is 5.75 Å². The van der Waals surface area contributed by atoms with Crippen molar-refractivity contribution in [2.45, 2.75) is 13.8 Å². The Morgan fingerprint density at radius 2 is 2.00 bits per heavy atom. The summed E-state index contributed by atoms with van der Waals surface area (Å²) >= 11 is 5.01. The number of methoxy groups -OCH3 is 1. The van der Waals surface area contributed by atoms with Crippen LogP contribution in [0.2, 0.25) is 0 Å². The van der Waals surface area contributed by atoms with E-state index < -0.39 is 0 Å². The highest BCUT2D eigenvalue weighted by molar-refractivity contribution is 7.80. The minimum Gasteiger partial charge on any atom is -0.497 e. The van der Waals surface area contributed by atoms with Gasteiger partial charge in [0.15, 0.2) is 0 Å². The Hall–Kier alpha value is -2.14. The molecule has 0 bridgehead atoms. The molecule has 2 aromatic rings. The minimum absolute atomic E-state index is 0.366. The smallest absolute Gasteiger partial charge is 0.131 e. The third kappa shape index (κ3) is 3.24. The van der Waals surface area contributed by atoms with Crippen molar-refractivity contribution >= 4 is 28.7 Å². The van der Waals surface area contributed by atoms with Crippen LogP contribution in [0.4, 0.5) is 11.5 Å². The second-order valence-electron chi connectivity index (χ2n) is 4.55. The molecule has 0 unspecified atom stereocenters. The average Bonchev–Trinajstić information content (AvgIpc) is 2.40. The first-order valence-electron chi connectivity index (χ1n) is 6.20. The number of ether oxygens (including phenoxy) is 1. The monoisotopic (exact) mass is 287 g/mol. The third-order valence-corrected chi connectivity index (χ3v) is 3.17. The summed E-state index contributed by atoms with van der Waals surface area (Å²) in [5, 5.41) is 3.28. The van der Waals surface area contributed by atoms with Crippen LogP contribution in [0.25, 0.3) is 0 Å². The normalized spacial score (nSPS) is 10.2. The Morgan fingerprint density at radius 3 is 2.60 bits per heavy atom. The lowest BCUT2D eigenvalue weighted by molar-refractivity contribution is 0.414. The van der Waals surface area contributed by atoms with E-state index >= 15 is 0 Å². The van der Waals surface area contributed by atoms with Crippen LogP contribution in [0.1, 0.15) is 16.8 Å². The number of hydrogen-bond acceptors (Lipinski definition) is 4. The number of nitrogens with one attached hydrogen (secondary N) is 1. The lowest BCUT2D eigenvalue weighted by Crippen LogP contribution is -2.11. The van der Waals surface area contributed by atoms with Crippen molar-refractivity contribution in [3.8, 4) is 5.75 Å². The van der Waals surface area contributed by atoms with Gasteiger partial charge < -0.3 is 15.8 Å². The number of aromatic nitrogens is 1. The molecule has 0 radical (unpaired) electrons. The molecule has 0 atom stereocenters. The molecule has 4 nitrogen and oxygen atoms in total. The van der Waals surface area contributed by atoms with E-state index in [9.17, 15) is 0 Å². The lowest BCUT2D eigenvalue weighted by atomic mass is 10.2. The summed E-state index contributed by atoms with van der Waals surface area (Å²) in [6, 6.07) is 9.54. The fourth-order valence-electron chi connectivity index (χ4n) is 1.92. The molecule has 2 rings (SSSR count). The zero-order valence-corrected chi connectivity index (χ0v) is 12.5. The van der Waals surface area contributed by atoms with Crippen molar-refractivity contribution in [2.75, 3.05) is 12.4 Å². The summed E-state index contributed by atoms with van der Waals surface area (Å²) in [5.41, 5.74) is 9.39. The summed E-state index contributed by atoms with van der Waals surface area (Å²) in [4.78, 5) is 4.80. The van der Waals surface area contributed by atoms with Gasteiger partial charge in [0.25, 0.3) is 0 Å². The molecule has 5 heteroatoms. The maximum absolute atomic E-state index is 5.67. The largest absolute Gasteiger partial charge is 0.497 e. The fourth-order valence-corrected chi connectivity index (χ4v) is 2.03. The molecule has 0 aliphatic carbocycles. The first-order chi connectivity index (χ1) is 9.49. The van der Waals surface area contributed by atoms with Crippen LogP contribution < -0.4 is 15.8 Å². The number of pyridine rings is 1. The zero-order chi connectivity index (χ0) is 14.7. The van der Waals surface area contributed by atoms with Gasteiger partial charge in [-0.1, -0.05) is 12.2 Å². The Bertz CT molecular complexity index is 656. The SMILES string of the molecule is COc1ccc(Nc2cc(C(N)=S)cc(C)n2)c(C)c1. The van der Waals surface area contributed by atoms with Gasteiger partial charge in [-0.25, -0.2) is 4.98 Å². The summed E-state index contributed by atoms with van der Waals surface area (Å²) < 4.78 is 5.19. The molecular formula is C15H17N3OS. The van der Waals surface area contributed by atoms with Gasteiger partial charge in [0, 0.05) is 16.9 Å². The van der Waals surface area contributed by atoms with E-state index in [0.29, 0.717) is 4.99 Å². The number of anilines is 2. The molecule has 0 amide bonds. The van der Waals surface area contributed by atoms with Crippen molar-refractivity contribution in [1.82, 2.24) is 4.98 Å². The molecule has 20 heavy (non-hydrogen) atoms. The first kappa shape index (κ1) is 14.3. The standard InChI is InChI=1S/C15H17N3OS/c1-9-6-12(19-3)4-5-13(9)18-14-8-11(15(16)20)7-10(2)17-14/h4-8H,1-3H3,(H2,16,20)(H,17,18). The van der Waals surface area contributed by atoms with Gasteiger partial charge in [-0.2, -0.15) is 0 Å². The second-order valence-corrected chi connectivity index (χ2v) is 4.99. The number of nitrogens with two attached hydrogens (primary N) is 1. The molecule has 0 saturated carbocycles. The van der Waals surface area contributed by atoms with Crippen LogP contribution >= 0.6 is 12.2 Å². The van der Waals surface area contributed by atoms with Crippen LogP contribution in [0, 0.1) is 13.8 Å². The summed E-state index contributed by atoms with van der Waals surface area (Å²) in [5.74, 6) is 1.55. The van der Waals surface area contributed by atoms with Gasteiger partial charge in [-0.3, -0.25) is 0 Å². The fraction of sp³-hybridized carbons (Fsp3) is 0.200. The molecular weight excluding hydrogens is 270 g/mol.